The number of hydrazone groups is 1. The normalized spacial score (nSPS) is 14.3. The molecule has 0 aliphatic carbocycles. The zero-order valence-electron chi connectivity index (χ0n) is 16.0. The topological polar surface area (TPSA) is 86.8 Å². The summed E-state index contributed by atoms with van der Waals surface area (Å²) in [6.45, 7) is 8.88. The average Bonchev–Trinajstić information content (AvgIpc) is 3.27. The fraction of sp³-hybridized carbons (Fsp3) is 0.350. The van der Waals surface area contributed by atoms with Gasteiger partial charge in [0.15, 0.2) is 0 Å². The third kappa shape index (κ3) is 4.74. The van der Waals surface area contributed by atoms with Gasteiger partial charge in [-0.3, -0.25) is 0 Å². The summed E-state index contributed by atoms with van der Waals surface area (Å²) in [5, 5.41) is 21.7. The maximum absolute atomic E-state index is 9.70. The van der Waals surface area contributed by atoms with Gasteiger partial charge in [0.05, 0.1) is 29.8 Å². The highest BCUT2D eigenvalue weighted by Gasteiger charge is 2.12. The van der Waals surface area contributed by atoms with E-state index in [1.807, 2.05) is 49.0 Å². The Balaban J connectivity index is 1.78. The number of nitrogens with zero attached hydrogens (tertiary/aromatic N) is 4. The first-order valence-corrected chi connectivity index (χ1v) is 8.83. The van der Waals surface area contributed by atoms with Gasteiger partial charge in [-0.05, 0) is 52.0 Å². The lowest BCUT2D eigenvalue weighted by Gasteiger charge is -2.07. The molecule has 3 rings (SSSR count). The van der Waals surface area contributed by atoms with E-state index in [4.69, 9.17) is 0 Å². The zero-order valence-corrected chi connectivity index (χ0v) is 16.0. The lowest BCUT2D eigenvalue weighted by atomic mass is 10.1. The Labute approximate surface area is 159 Å². The molecule has 1 aromatic carbocycles. The second-order valence-electron chi connectivity index (χ2n) is 6.88. The van der Waals surface area contributed by atoms with Gasteiger partial charge in [-0.15, -0.1) is 0 Å². The minimum atomic E-state index is -1.00. The predicted molar refractivity (Wildman–Crippen MR) is 107 cm³/mol. The number of aromatic nitrogens is 2. The molecule has 7 nitrogen and oxygen atoms in total. The van der Waals surface area contributed by atoms with Crippen LogP contribution < -0.4 is 10.7 Å². The summed E-state index contributed by atoms with van der Waals surface area (Å²) in [6.07, 6.45) is 1.81. The van der Waals surface area contributed by atoms with E-state index in [0.717, 1.165) is 41.3 Å². The van der Waals surface area contributed by atoms with Gasteiger partial charge >= 0.3 is 0 Å². The Morgan fingerprint density at radius 3 is 2.70 bits per heavy atom. The lowest BCUT2D eigenvalue weighted by Crippen LogP contribution is -2.30. The zero-order chi connectivity index (χ0) is 19.4. The van der Waals surface area contributed by atoms with Gasteiger partial charge in [-0.25, -0.2) is 15.1 Å². The van der Waals surface area contributed by atoms with Gasteiger partial charge in [0.25, 0.3) is 0 Å². The van der Waals surface area contributed by atoms with Crippen molar-refractivity contribution in [2.75, 3.05) is 13.1 Å². The average molecular weight is 364 g/mol. The number of hydrogen-bond acceptors (Lipinski definition) is 6. The van der Waals surface area contributed by atoms with Crippen LogP contribution in [0.15, 0.2) is 40.6 Å². The molecule has 27 heavy (non-hydrogen) atoms. The highest BCUT2D eigenvalue weighted by atomic mass is 16.3. The van der Waals surface area contributed by atoms with E-state index in [0.29, 0.717) is 5.96 Å². The van der Waals surface area contributed by atoms with Gasteiger partial charge in [0.1, 0.15) is 5.60 Å². The first kappa shape index (κ1) is 18.7. The van der Waals surface area contributed by atoms with Crippen molar-refractivity contribution in [2.24, 2.45) is 10.1 Å². The lowest BCUT2D eigenvalue weighted by molar-refractivity contribution is 0.143. The fourth-order valence-corrected chi connectivity index (χ4v) is 2.61. The van der Waals surface area contributed by atoms with Crippen LogP contribution in [-0.2, 0) is 0 Å². The van der Waals surface area contributed by atoms with Gasteiger partial charge in [-0.2, -0.15) is 10.2 Å². The molecular formula is C20H24N6O. The number of hydrogen-bond donors (Lipinski definition) is 3. The molecule has 1 aliphatic rings. The smallest absolute Gasteiger partial charge is 0.212 e. The van der Waals surface area contributed by atoms with Crippen LogP contribution in [-0.4, -0.2) is 45.2 Å². The van der Waals surface area contributed by atoms with E-state index >= 15 is 0 Å². The maximum Gasteiger partial charge on any atom is 0.212 e. The van der Waals surface area contributed by atoms with Crippen molar-refractivity contribution in [3.8, 4) is 17.5 Å². The molecule has 2 heterocycles. The third-order valence-corrected chi connectivity index (χ3v) is 4.03. The molecule has 7 heteroatoms. The summed E-state index contributed by atoms with van der Waals surface area (Å²) in [7, 11) is 0. The Kier molecular flexibility index (Phi) is 5.28. The highest BCUT2D eigenvalue weighted by Crippen LogP contribution is 2.15. The Morgan fingerprint density at radius 2 is 2.07 bits per heavy atom. The largest absolute Gasteiger partial charge is 0.378 e. The fourth-order valence-electron chi connectivity index (χ4n) is 2.61. The predicted octanol–water partition coefficient (Wildman–Crippen LogP) is 1.58. The van der Waals surface area contributed by atoms with E-state index in [2.05, 4.69) is 37.8 Å². The maximum atomic E-state index is 9.70. The van der Waals surface area contributed by atoms with Crippen molar-refractivity contribution in [1.82, 2.24) is 20.5 Å². The van der Waals surface area contributed by atoms with Crippen molar-refractivity contribution in [3.63, 3.8) is 0 Å². The van der Waals surface area contributed by atoms with Crippen LogP contribution in [0, 0.1) is 18.8 Å². The number of guanidine groups is 1. The van der Waals surface area contributed by atoms with Crippen molar-refractivity contribution in [3.05, 3.63) is 47.3 Å². The molecule has 0 saturated heterocycles. The molecular weight excluding hydrogens is 340 g/mol. The van der Waals surface area contributed by atoms with E-state index in [1.165, 1.54) is 0 Å². The summed E-state index contributed by atoms with van der Waals surface area (Å²) in [5.74, 6) is 6.48. The van der Waals surface area contributed by atoms with Crippen LogP contribution in [0.3, 0.4) is 0 Å². The van der Waals surface area contributed by atoms with Gasteiger partial charge < -0.3 is 10.4 Å². The Hall–Kier alpha value is -3.11. The Bertz CT molecular complexity index is 936. The summed E-state index contributed by atoms with van der Waals surface area (Å²) in [6, 6.07) is 7.75. The van der Waals surface area contributed by atoms with Crippen LogP contribution in [0.5, 0.6) is 0 Å². The highest BCUT2D eigenvalue weighted by molar-refractivity contribution is 6.00. The first-order valence-electron chi connectivity index (χ1n) is 8.83. The second kappa shape index (κ2) is 7.64. The molecule has 140 valence electrons. The summed E-state index contributed by atoms with van der Waals surface area (Å²) in [4.78, 5) is 4.25. The summed E-state index contributed by atoms with van der Waals surface area (Å²) < 4.78 is 1.87. The molecule has 0 amide bonds. The van der Waals surface area contributed by atoms with E-state index < -0.39 is 5.60 Å². The van der Waals surface area contributed by atoms with E-state index in [1.54, 1.807) is 13.8 Å². The number of nitrogens with one attached hydrogen (secondary N) is 2. The molecule has 2 aromatic rings. The van der Waals surface area contributed by atoms with Crippen LogP contribution in [0.2, 0.25) is 0 Å². The van der Waals surface area contributed by atoms with Gasteiger partial charge in [0.2, 0.25) is 5.96 Å². The summed E-state index contributed by atoms with van der Waals surface area (Å²) in [5.41, 5.74) is 6.52. The number of rotatable bonds is 3. The van der Waals surface area contributed by atoms with Crippen LogP contribution in [0.25, 0.3) is 5.69 Å². The molecule has 0 saturated carbocycles. The molecule has 0 fully saturated rings. The molecule has 1 aliphatic heterocycles. The number of aliphatic hydroxyl groups is 1. The van der Waals surface area contributed by atoms with Crippen molar-refractivity contribution in [1.29, 1.82) is 0 Å². The minimum Gasteiger partial charge on any atom is -0.378 e. The standard InChI is InChI=1S/C20H24N6O/c1-14(24-25-19-21-11-12-22-19)18-13-23-26(15(18)2)17-7-5-16(6-8-17)9-10-20(3,4)27/h5-8,13,27H,11-12H2,1-4H3,(H2,21,22,25)/b24-14+. The molecule has 0 spiro atoms. The minimum absolute atomic E-state index is 0.696. The summed E-state index contributed by atoms with van der Waals surface area (Å²) >= 11 is 0. The van der Waals surface area contributed by atoms with E-state index in [9.17, 15) is 5.11 Å². The number of benzene rings is 1. The van der Waals surface area contributed by atoms with Gasteiger partial charge in [0, 0.05) is 17.7 Å². The quantitative estimate of drug-likeness (QED) is 0.438. The molecule has 1 aromatic heterocycles. The van der Waals surface area contributed by atoms with Crippen LogP contribution in [0.1, 0.15) is 37.6 Å². The molecule has 0 radical (unpaired) electrons. The van der Waals surface area contributed by atoms with Gasteiger partial charge in [-0.1, -0.05) is 11.8 Å². The second-order valence-corrected chi connectivity index (χ2v) is 6.88. The molecule has 3 N–H and O–H groups in total. The van der Waals surface area contributed by atoms with Crippen LogP contribution >= 0.6 is 0 Å². The third-order valence-electron chi connectivity index (χ3n) is 4.03. The SMILES string of the molecule is C/C(=N\NC1=NCCN1)c1cnn(-c2ccc(C#CC(C)(C)O)cc2)c1C. The van der Waals surface area contributed by atoms with Crippen molar-refractivity contribution < 1.29 is 5.11 Å². The van der Waals surface area contributed by atoms with Crippen molar-refractivity contribution in [2.45, 2.75) is 33.3 Å². The molecule has 0 bridgehead atoms. The molecule has 0 unspecified atom stereocenters. The number of aliphatic imine (C=N–C) groups is 1. The Morgan fingerprint density at radius 1 is 1.33 bits per heavy atom. The first-order chi connectivity index (χ1) is 12.8. The monoisotopic (exact) mass is 364 g/mol. The molecule has 0 atom stereocenters. The van der Waals surface area contributed by atoms with E-state index in [-0.39, 0.29) is 0 Å². The van der Waals surface area contributed by atoms with Crippen LogP contribution in [0.4, 0.5) is 0 Å². The van der Waals surface area contributed by atoms with Crippen molar-refractivity contribution >= 4 is 11.7 Å².